The molecule has 2 unspecified atom stereocenters. The van der Waals surface area contributed by atoms with Crippen LogP contribution in [0.25, 0.3) is 0 Å². The Labute approximate surface area is 167 Å². The average molecular weight is 407 g/mol. The van der Waals surface area contributed by atoms with Crippen LogP contribution in [0.15, 0.2) is 22.8 Å². The van der Waals surface area contributed by atoms with Crippen LogP contribution in [-0.4, -0.2) is 34.3 Å². The van der Waals surface area contributed by atoms with Crippen molar-refractivity contribution in [3.8, 4) is 0 Å². The molecule has 0 spiro atoms. The molecule has 0 N–H and O–H groups in total. The molecule has 1 fully saturated rings. The first-order chi connectivity index (χ1) is 12.5. The van der Waals surface area contributed by atoms with Gasteiger partial charge in [0, 0.05) is 51.6 Å². The third-order valence-electron chi connectivity index (χ3n) is 5.11. The Balaban J connectivity index is 1.68. The van der Waals surface area contributed by atoms with Crippen molar-refractivity contribution in [2.24, 2.45) is 0 Å². The summed E-state index contributed by atoms with van der Waals surface area (Å²) in [6, 6.07) is 1.97. The molecule has 2 atom stereocenters. The average Bonchev–Trinajstić information content (AvgIpc) is 2.63. The molecule has 0 radical (unpaired) electrons. The molecule has 2 aliphatic heterocycles. The van der Waals surface area contributed by atoms with Crippen LogP contribution in [0.4, 0.5) is 0 Å². The van der Waals surface area contributed by atoms with E-state index in [1.165, 1.54) is 22.3 Å². The molecule has 2 heterocycles. The molecule has 0 bridgehead atoms. The number of carbonyl (C=O) groups excluding carboxylic acids is 2. The van der Waals surface area contributed by atoms with Crippen LogP contribution >= 0.6 is 35.3 Å². The Hall–Kier alpha value is -0.850. The topological polar surface area (TPSA) is 43.4 Å². The van der Waals surface area contributed by atoms with Crippen LogP contribution in [-0.2, 0) is 9.53 Å². The summed E-state index contributed by atoms with van der Waals surface area (Å²) in [5.41, 5.74) is 4.20. The van der Waals surface area contributed by atoms with Crippen molar-refractivity contribution in [1.29, 1.82) is 0 Å². The van der Waals surface area contributed by atoms with Crippen molar-refractivity contribution in [3.63, 3.8) is 0 Å². The van der Waals surface area contributed by atoms with E-state index >= 15 is 0 Å². The predicted octanol–water partition coefficient (Wildman–Crippen LogP) is 5.09. The maximum Gasteiger partial charge on any atom is 0.343 e. The molecule has 0 aromatic heterocycles. The fourth-order valence-corrected chi connectivity index (χ4v) is 8.73. The third-order valence-corrected chi connectivity index (χ3v) is 9.78. The van der Waals surface area contributed by atoms with E-state index in [9.17, 15) is 9.59 Å². The molecule has 1 aliphatic carbocycles. The number of hydrogen-bond donors (Lipinski definition) is 0. The number of ether oxygens (including phenoxy) is 1. The number of allylic oxidation sites excluding steroid dienone is 2. The molecule has 1 aromatic rings. The summed E-state index contributed by atoms with van der Waals surface area (Å²) in [5, 5.41) is 1.08. The van der Waals surface area contributed by atoms with Gasteiger partial charge in [0.2, 0.25) is 0 Å². The maximum absolute atomic E-state index is 12.8. The molecule has 3 aliphatic rings. The number of fused-ring (bicyclic) bond motifs is 3. The number of carbonyl (C=O) groups is 2. The molecule has 6 heteroatoms. The zero-order chi connectivity index (χ0) is 18.3. The van der Waals surface area contributed by atoms with Gasteiger partial charge in [-0.2, -0.15) is 23.5 Å². The third kappa shape index (κ3) is 3.48. The smallest absolute Gasteiger partial charge is 0.343 e. The van der Waals surface area contributed by atoms with Gasteiger partial charge < -0.3 is 4.74 Å². The lowest BCUT2D eigenvalue weighted by Crippen LogP contribution is -2.27. The van der Waals surface area contributed by atoms with Crippen LogP contribution in [0.1, 0.15) is 51.6 Å². The molecule has 1 saturated heterocycles. The fourth-order valence-electron chi connectivity index (χ4n) is 3.82. The summed E-state index contributed by atoms with van der Waals surface area (Å²) in [7, 11) is 0. The Morgan fingerprint density at radius 2 is 2.00 bits per heavy atom. The summed E-state index contributed by atoms with van der Waals surface area (Å²) in [4.78, 5) is 25.8. The van der Waals surface area contributed by atoms with Crippen LogP contribution in [0.3, 0.4) is 0 Å². The number of ketones is 1. The molecular formula is C20H22O3S3. The quantitative estimate of drug-likeness (QED) is 0.637. The summed E-state index contributed by atoms with van der Waals surface area (Å²) in [5.74, 6) is 3.76. The second-order valence-corrected chi connectivity index (χ2v) is 10.6. The molecule has 0 amide bonds. The van der Waals surface area contributed by atoms with Gasteiger partial charge in [-0.15, -0.1) is 11.8 Å². The van der Waals surface area contributed by atoms with E-state index < -0.39 is 0 Å². The van der Waals surface area contributed by atoms with Crippen molar-refractivity contribution >= 4 is 47.0 Å². The minimum absolute atomic E-state index is 0.0484. The summed E-state index contributed by atoms with van der Waals surface area (Å²) in [6.07, 6.45) is 3.45. The second kappa shape index (κ2) is 7.64. The Kier molecular flexibility index (Phi) is 5.44. The largest absolute Gasteiger partial charge is 0.427 e. The Morgan fingerprint density at radius 3 is 2.81 bits per heavy atom. The van der Waals surface area contributed by atoms with Crippen LogP contribution < -0.4 is 0 Å². The van der Waals surface area contributed by atoms with Gasteiger partial charge in [-0.1, -0.05) is 0 Å². The number of aryl methyl sites for hydroxylation is 1. The van der Waals surface area contributed by atoms with Crippen LogP contribution in [0, 0.1) is 13.8 Å². The van der Waals surface area contributed by atoms with E-state index in [4.69, 9.17) is 4.74 Å². The van der Waals surface area contributed by atoms with Gasteiger partial charge in [-0.3, -0.25) is 4.79 Å². The summed E-state index contributed by atoms with van der Waals surface area (Å²) < 4.78 is 5.59. The van der Waals surface area contributed by atoms with Gasteiger partial charge >= 0.3 is 5.97 Å². The molecular weight excluding hydrogens is 384 g/mol. The van der Waals surface area contributed by atoms with Gasteiger partial charge in [0.1, 0.15) is 5.76 Å². The monoisotopic (exact) mass is 406 g/mol. The SMILES string of the molecule is Cc1cc(C(=O)OC2=CC(=O)CCC2)c(C)c2c1SCC1SCCSC21. The summed E-state index contributed by atoms with van der Waals surface area (Å²) in [6.45, 7) is 4.14. The molecule has 3 nitrogen and oxygen atoms in total. The van der Waals surface area contributed by atoms with E-state index in [2.05, 4.69) is 25.6 Å². The lowest BCUT2D eigenvalue weighted by atomic mass is 9.95. The van der Waals surface area contributed by atoms with E-state index in [1.807, 2.05) is 29.6 Å². The molecule has 4 rings (SSSR count). The van der Waals surface area contributed by atoms with Crippen LogP contribution in [0.2, 0.25) is 0 Å². The first-order valence-corrected chi connectivity index (χ1v) is 12.1. The number of benzene rings is 1. The van der Waals surface area contributed by atoms with E-state index in [1.54, 1.807) is 0 Å². The van der Waals surface area contributed by atoms with E-state index in [0.717, 1.165) is 29.1 Å². The van der Waals surface area contributed by atoms with Crippen molar-refractivity contribution in [2.75, 3.05) is 17.3 Å². The predicted molar refractivity (Wildman–Crippen MR) is 110 cm³/mol. The number of rotatable bonds is 2. The minimum atomic E-state index is -0.324. The van der Waals surface area contributed by atoms with Gasteiger partial charge in [-0.05, 0) is 43.0 Å². The molecule has 1 aromatic carbocycles. The highest BCUT2D eigenvalue weighted by Crippen LogP contribution is 2.53. The zero-order valence-corrected chi connectivity index (χ0v) is 17.5. The van der Waals surface area contributed by atoms with E-state index in [0.29, 0.717) is 34.7 Å². The van der Waals surface area contributed by atoms with Crippen molar-refractivity contribution < 1.29 is 14.3 Å². The van der Waals surface area contributed by atoms with Gasteiger partial charge in [0.05, 0.1) is 5.56 Å². The maximum atomic E-state index is 12.8. The zero-order valence-electron chi connectivity index (χ0n) is 15.0. The minimum Gasteiger partial charge on any atom is -0.427 e. The standard InChI is InChI=1S/C20H22O3S3/c1-11-8-15(20(22)23-14-5-3-4-13(21)9-14)12(2)17-18(11)26-10-16-19(17)25-7-6-24-16/h8-9,16,19H,3-7,10H2,1-2H3. The van der Waals surface area contributed by atoms with Gasteiger partial charge in [0.15, 0.2) is 5.78 Å². The second-order valence-electron chi connectivity index (χ2n) is 6.94. The van der Waals surface area contributed by atoms with E-state index in [-0.39, 0.29) is 11.8 Å². The fraction of sp³-hybridized carbons (Fsp3) is 0.500. The highest BCUT2D eigenvalue weighted by atomic mass is 32.2. The Bertz CT molecular complexity index is 800. The first kappa shape index (κ1) is 18.5. The highest BCUT2D eigenvalue weighted by Gasteiger charge is 2.36. The summed E-state index contributed by atoms with van der Waals surface area (Å²) >= 11 is 6.02. The van der Waals surface area contributed by atoms with Crippen molar-refractivity contribution in [1.82, 2.24) is 0 Å². The molecule has 0 saturated carbocycles. The molecule has 26 heavy (non-hydrogen) atoms. The van der Waals surface area contributed by atoms with Gasteiger partial charge in [0.25, 0.3) is 0 Å². The first-order valence-electron chi connectivity index (χ1n) is 9.00. The molecule has 138 valence electrons. The number of thioether (sulfide) groups is 3. The number of hydrogen-bond acceptors (Lipinski definition) is 6. The lowest BCUT2D eigenvalue weighted by molar-refractivity contribution is -0.115. The van der Waals surface area contributed by atoms with Crippen molar-refractivity contribution in [3.05, 3.63) is 40.2 Å². The van der Waals surface area contributed by atoms with Crippen LogP contribution in [0.5, 0.6) is 0 Å². The van der Waals surface area contributed by atoms with Crippen molar-refractivity contribution in [2.45, 2.75) is 48.5 Å². The number of esters is 1. The lowest BCUT2D eigenvalue weighted by Gasteiger charge is -2.37. The van der Waals surface area contributed by atoms with Gasteiger partial charge in [-0.25, -0.2) is 4.79 Å². The normalized spacial score (nSPS) is 25.2. The highest BCUT2D eigenvalue weighted by molar-refractivity contribution is 8.08. The Morgan fingerprint density at radius 1 is 1.19 bits per heavy atom.